The predicted molar refractivity (Wildman–Crippen MR) is 88.1 cm³/mol. The van der Waals surface area contributed by atoms with Crippen molar-refractivity contribution < 1.29 is 22.4 Å². The minimum Gasteiger partial charge on any atom is -0.376 e. The van der Waals surface area contributed by atoms with Gasteiger partial charge in [0.1, 0.15) is 5.82 Å². The van der Waals surface area contributed by atoms with E-state index in [0.29, 0.717) is 13.0 Å². The summed E-state index contributed by atoms with van der Waals surface area (Å²) >= 11 is 5.53. The van der Waals surface area contributed by atoms with Crippen molar-refractivity contribution in [1.82, 2.24) is 5.32 Å². The van der Waals surface area contributed by atoms with Crippen LogP contribution in [0.4, 0.5) is 23.2 Å². The summed E-state index contributed by atoms with van der Waals surface area (Å²) in [6.45, 7) is 0.156. The van der Waals surface area contributed by atoms with Gasteiger partial charge in [-0.2, -0.15) is 13.2 Å². The molecule has 0 spiro atoms. The molecule has 0 saturated carbocycles. The molecule has 2 aromatic rings. The Morgan fingerprint density at radius 3 is 2.40 bits per heavy atom. The zero-order valence-corrected chi connectivity index (χ0v) is 13.7. The van der Waals surface area contributed by atoms with Gasteiger partial charge in [0.25, 0.3) is 0 Å². The highest BCUT2D eigenvalue weighted by Crippen LogP contribution is 2.36. The quantitative estimate of drug-likeness (QED) is 0.741. The van der Waals surface area contributed by atoms with Crippen LogP contribution in [0.2, 0.25) is 5.02 Å². The van der Waals surface area contributed by atoms with E-state index in [0.717, 1.165) is 17.7 Å². The molecule has 0 atom stereocenters. The molecule has 0 unspecified atom stereocenters. The molecule has 0 heterocycles. The standard InChI is InChI=1S/C17H15ClF4N2O/c18-15-6-5-13(9-14(15)17(20,21)22)24-10-16(25)23-8-7-11-1-3-12(19)4-2-11/h1-6,9,24H,7-8,10H2,(H,23,25). The molecule has 2 N–H and O–H groups in total. The highest BCUT2D eigenvalue weighted by Gasteiger charge is 2.33. The van der Waals surface area contributed by atoms with Crippen LogP contribution in [0.5, 0.6) is 0 Å². The molecule has 8 heteroatoms. The van der Waals surface area contributed by atoms with Gasteiger partial charge < -0.3 is 10.6 Å². The number of anilines is 1. The van der Waals surface area contributed by atoms with Crippen molar-refractivity contribution >= 4 is 23.2 Å². The van der Waals surface area contributed by atoms with E-state index >= 15 is 0 Å². The van der Waals surface area contributed by atoms with E-state index in [4.69, 9.17) is 11.6 Å². The lowest BCUT2D eigenvalue weighted by Crippen LogP contribution is -2.31. The number of hydrogen-bond acceptors (Lipinski definition) is 2. The smallest absolute Gasteiger partial charge is 0.376 e. The number of alkyl halides is 3. The molecule has 25 heavy (non-hydrogen) atoms. The fourth-order valence-corrected chi connectivity index (χ4v) is 2.32. The first-order chi connectivity index (χ1) is 11.8. The molecular weight excluding hydrogens is 360 g/mol. The molecule has 134 valence electrons. The second-order valence-corrected chi connectivity index (χ2v) is 5.68. The van der Waals surface area contributed by atoms with Crippen LogP contribution in [0.3, 0.4) is 0 Å². The first-order valence-electron chi connectivity index (χ1n) is 7.37. The minimum atomic E-state index is -4.56. The number of hydrogen-bond donors (Lipinski definition) is 2. The second kappa shape index (κ2) is 8.20. The summed E-state index contributed by atoms with van der Waals surface area (Å²) in [4.78, 5) is 11.7. The molecule has 2 aromatic carbocycles. The maximum Gasteiger partial charge on any atom is 0.417 e. The Bertz CT molecular complexity index is 732. The van der Waals surface area contributed by atoms with Gasteiger partial charge >= 0.3 is 6.18 Å². The molecule has 0 bridgehead atoms. The third-order valence-electron chi connectivity index (χ3n) is 3.37. The third kappa shape index (κ3) is 5.94. The van der Waals surface area contributed by atoms with Crippen LogP contribution in [0.1, 0.15) is 11.1 Å². The summed E-state index contributed by atoms with van der Waals surface area (Å²) in [5.41, 5.74) is 0.0449. The van der Waals surface area contributed by atoms with Crippen LogP contribution in [0, 0.1) is 5.82 Å². The van der Waals surface area contributed by atoms with Gasteiger partial charge in [0, 0.05) is 12.2 Å². The maximum atomic E-state index is 12.8. The number of benzene rings is 2. The van der Waals surface area contributed by atoms with Crippen molar-refractivity contribution in [3.8, 4) is 0 Å². The molecule has 3 nitrogen and oxygen atoms in total. The lowest BCUT2D eigenvalue weighted by molar-refractivity contribution is -0.137. The number of rotatable bonds is 6. The Hall–Kier alpha value is -2.28. The molecule has 0 fully saturated rings. The van der Waals surface area contributed by atoms with E-state index in [-0.39, 0.29) is 24.0 Å². The highest BCUT2D eigenvalue weighted by atomic mass is 35.5. The summed E-state index contributed by atoms with van der Waals surface area (Å²) in [5, 5.41) is 4.85. The molecular formula is C17H15ClF4N2O. The number of nitrogens with one attached hydrogen (secondary N) is 2. The molecule has 0 saturated heterocycles. The first kappa shape index (κ1) is 19.1. The lowest BCUT2D eigenvalue weighted by atomic mass is 10.1. The van der Waals surface area contributed by atoms with Crippen molar-refractivity contribution in [3.05, 3.63) is 64.4 Å². The number of carbonyl (C=O) groups is 1. The van der Waals surface area contributed by atoms with Crippen LogP contribution in [-0.2, 0) is 17.4 Å². The van der Waals surface area contributed by atoms with Gasteiger partial charge in [0.15, 0.2) is 0 Å². The van der Waals surface area contributed by atoms with E-state index in [1.165, 1.54) is 18.2 Å². The highest BCUT2D eigenvalue weighted by molar-refractivity contribution is 6.31. The van der Waals surface area contributed by atoms with Gasteiger partial charge in [0.2, 0.25) is 5.91 Å². The van der Waals surface area contributed by atoms with Crippen LogP contribution >= 0.6 is 11.6 Å². The normalized spacial score (nSPS) is 11.2. The zero-order valence-electron chi connectivity index (χ0n) is 13.0. The average Bonchev–Trinajstić information content (AvgIpc) is 2.55. The molecule has 0 aliphatic carbocycles. The Labute approximate surface area is 147 Å². The van der Waals surface area contributed by atoms with Crippen molar-refractivity contribution in [3.63, 3.8) is 0 Å². The van der Waals surface area contributed by atoms with Crippen LogP contribution in [0.25, 0.3) is 0 Å². The fourth-order valence-electron chi connectivity index (χ4n) is 2.09. The Balaban J connectivity index is 1.81. The van der Waals surface area contributed by atoms with Crippen molar-refractivity contribution in [2.24, 2.45) is 0 Å². The lowest BCUT2D eigenvalue weighted by Gasteiger charge is -2.12. The molecule has 0 aromatic heterocycles. The van der Waals surface area contributed by atoms with Crippen molar-refractivity contribution in [2.75, 3.05) is 18.4 Å². The van der Waals surface area contributed by atoms with Gasteiger partial charge in [-0.25, -0.2) is 4.39 Å². The van der Waals surface area contributed by atoms with E-state index in [2.05, 4.69) is 10.6 Å². The Morgan fingerprint density at radius 1 is 1.08 bits per heavy atom. The summed E-state index contributed by atoms with van der Waals surface area (Å²) < 4.78 is 51.1. The van der Waals surface area contributed by atoms with Gasteiger partial charge in [-0.3, -0.25) is 4.79 Å². The van der Waals surface area contributed by atoms with Crippen LogP contribution < -0.4 is 10.6 Å². The Morgan fingerprint density at radius 2 is 1.76 bits per heavy atom. The van der Waals surface area contributed by atoms with Gasteiger partial charge in [-0.1, -0.05) is 23.7 Å². The van der Waals surface area contributed by atoms with Crippen molar-refractivity contribution in [1.29, 1.82) is 0 Å². The Kier molecular flexibility index (Phi) is 6.25. The molecule has 0 aliphatic rings. The zero-order chi connectivity index (χ0) is 18.4. The minimum absolute atomic E-state index is 0.144. The van der Waals surface area contributed by atoms with Gasteiger partial charge in [-0.05, 0) is 42.3 Å². The number of carbonyl (C=O) groups excluding carboxylic acids is 1. The largest absolute Gasteiger partial charge is 0.417 e. The summed E-state index contributed by atoms with van der Waals surface area (Å²) in [5.74, 6) is -0.705. The third-order valence-corrected chi connectivity index (χ3v) is 3.70. The molecule has 0 aliphatic heterocycles. The number of halogens is 5. The van der Waals surface area contributed by atoms with Crippen LogP contribution in [0.15, 0.2) is 42.5 Å². The first-order valence-corrected chi connectivity index (χ1v) is 7.75. The molecule has 0 radical (unpaired) electrons. The fraction of sp³-hybridized carbons (Fsp3) is 0.235. The average molecular weight is 375 g/mol. The molecule has 2 rings (SSSR count). The maximum absolute atomic E-state index is 12.8. The summed E-state index contributed by atoms with van der Waals surface area (Å²) in [7, 11) is 0. The van der Waals surface area contributed by atoms with Crippen molar-refractivity contribution in [2.45, 2.75) is 12.6 Å². The van der Waals surface area contributed by atoms with Gasteiger partial charge in [0.05, 0.1) is 17.1 Å². The van der Waals surface area contributed by atoms with E-state index in [1.807, 2.05) is 0 Å². The monoisotopic (exact) mass is 374 g/mol. The topological polar surface area (TPSA) is 41.1 Å². The summed E-state index contributed by atoms with van der Waals surface area (Å²) in [6, 6.07) is 9.24. The van der Waals surface area contributed by atoms with Gasteiger partial charge in [-0.15, -0.1) is 0 Å². The SMILES string of the molecule is O=C(CNc1ccc(Cl)c(C(F)(F)F)c1)NCCc1ccc(F)cc1. The predicted octanol–water partition coefficient (Wildman–Crippen LogP) is 4.27. The second-order valence-electron chi connectivity index (χ2n) is 5.27. The number of amides is 1. The van der Waals surface area contributed by atoms with E-state index in [1.54, 1.807) is 12.1 Å². The van der Waals surface area contributed by atoms with E-state index in [9.17, 15) is 22.4 Å². The van der Waals surface area contributed by atoms with E-state index < -0.39 is 16.8 Å². The van der Waals surface area contributed by atoms with Crippen LogP contribution in [-0.4, -0.2) is 19.0 Å². The summed E-state index contributed by atoms with van der Waals surface area (Å²) in [6.07, 6.45) is -4.04. The molecule has 1 amide bonds.